The van der Waals surface area contributed by atoms with E-state index >= 15 is 0 Å². The van der Waals surface area contributed by atoms with Gasteiger partial charge in [-0.1, -0.05) is 41.4 Å². The van der Waals surface area contributed by atoms with Gasteiger partial charge in [-0.05, 0) is 48.2 Å². The van der Waals surface area contributed by atoms with Crippen molar-refractivity contribution >= 4 is 52.2 Å². The third-order valence-corrected chi connectivity index (χ3v) is 5.25. The first-order valence-electron chi connectivity index (χ1n) is 7.86. The Hall–Kier alpha value is -2.54. The Kier molecular flexibility index (Phi) is 4.78. The van der Waals surface area contributed by atoms with Crippen molar-refractivity contribution in [2.24, 2.45) is 0 Å². The van der Waals surface area contributed by atoms with Gasteiger partial charge in [-0.25, -0.2) is 4.68 Å². The minimum atomic E-state index is -0.430. The van der Waals surface area contributed by atoms with E-state index in [9.17, 15) is 9.59 Å². The van der Waals surface area contributed by atoms with E-state index in [4.69, 9.17) is 23.2 Å². The fourth-order valence-electron chi connectivity index (χ4n) is 2.66. The second-order valence-electron chi connectivity index (χ2n) is 5.69. The maximum absolute atomic E-state index is 11.9. The molecule has 5 nitrogen and oxygen atoms in total. The lowest BCUT2D eigenvalue weighted by molar-refractivity contribution is -0.115. The first-order chi connectivity index (χ1) is 13.0. The molecule has 1 aromatic heterocycles. The van der Waals surface area contributed by atoms with Crippen molar-refractivity contribution in [3.63, 3.8) is 0 Å². The Labute approximate surface area is 169 Å². The average molecular weight is 416 g/mol. The van der Waals surface area contributed by atoms with Crippen LogP contribution in [0.15, 0.2) is 59.6 Å². The summed E-state index contributed by atoms with van der Waals surface area (Å²) in [4.78, 5) is 23.7. The molecule has 2 heterocycles. The zero-order valence-electron chi connectivity index (χ0n) is 13.6. The molecule has 0 aliphatic carbocycles. The third-order valence-electron chi connectivity index (χ3n) is 3.88. The lowest BCUT2D eigenvalue weighted by Gasteiger charge is -2.04. The van der Waals surface area contributed by atoms with Crippen molar-refractivity contribution in [1.29, 1.82) is 0 Å². The quantitative estimate of drug-likeness (QED) is 0.599. The number of halogens is 2. The highest BCUT2D eigenvalue weighted by molar-refractivity contribution is 8.18. The van der Waals surface area contributed by atoms with Crippen molar-refractivity contribution in [1.82, 2.24) is 15.1 Å². The predicted octanol–water partition coefficient (Wildman–Crippen LogP) is 5.17. The summed E-state index contributed by atoms with van der Waals surface area (Å²) in [6, 6.07) is 14.6. The number of carbonyl (C=O) groups excluding carboxylic acids is 2. The summed E-state index contributed by atoms with van der Waals surface area (Å²) in [7, 11) is 0. The molecule has 27 heavy (non-hydrogen) atoms. The van der Waals surface area contributed by atoms with Crippen molar-refractivity contribution in [3.8, 4) is 16.9 Å². The number of nitrogens with one attached hydrogen (secondary N) is 1. The van der Waals surface area contributed by atoms with Crippen LogP contribution in [-0.4, -0.2) is 20.9 Å². The number of amides is 2. The van der Waals surface area contributed by atoms with Crippen molar-refractivity contribution in [2.75, 3.05) is 0 Å². The Morgan fingerprint density at radius 3 is 2.56 bits per heavy atom. The molecule has 2 aromatic carbocycles. The van der Waals surface area contributed by atoms with Gasteiger partial charge in [0.25, 0.3) is 11.1 Å². The summed E-state index contributed by atoms with van der Waals surface area (Å²) in [5.74, 6) is -0.430. The van der Waals surface area contributed by atoms with Crippen LogP contribution in [0.5, 0.6) is 0 Å². The zero-order chi connectivity index (χ0) is 19.0. The number of aromatic nitrogens is 2. The van der Waals surface area contributed by atoms with E-state index in [0.717, 1.165) is 17.4 Å². The summed E-state index contributed by atoms with van der Waals surface area (Å²) in [5.41, 5.74) is 2.70. The van der Waals surface area contributed by atoms with Gasteiger partial charge >= 0.3 is 0 Å². The van der Waals surface area contributed by atoms with Crippen LogP contribution in [0.25, 0.3) is 23.0 Å². The smallest absolute Gasteiger partial charge is 0.282 e. The summed E-state index contributed by atoms with van der Waals surface area (Å²) in [6.45, 7) is 0. The van der Waals surface area contributed by atoms with E-state index < -0.39 is 11.1 Å². The summed E-state index contributed by atoms with van der Waals surface area (Å²) in [6.07, 6.45) is 3.41. The highest BCUT2D eigenvalue weighted by Crippen LogP contribution is 2.35. The lowest BCUT2D eigenvalue weighted by atomic mass is 10.1. The number of para-hydroxylation sites is 1. The molecule has 0 unspecified atom stereocenters. The fourth-order valence-corrected chi connectivity index (χ4v) is 3.71. The van der Waals surface area contributed by atoms with E-state index in [1.54, 1.807) is 35.2 Å². The molecular weight excluding hydrogens is 405 g/mol. The SMILES string of the molecule is O=C1NC(=O)/C(=C/c2cn(-c3ccccc3)nc2-c2cc(Cl)ccc2Cl)S1. The van der Waals surface area contributed by atoms with Crippen LogP contribution in [0.1, 0.15) is 5.56 Å². The van der Waals surface area contributed by atoms with Crippen molar-refractivity contribution in [3.05, 3.63) is 75.2 Å². The number of hydrogen-bond acceptors (Lipinski definition) is 4. The monoisotopic (exact) mass is 415 g/mol. The molecule has 134 valence electrons. The Morgan fingerprint density at radius 2 is 1.85 bits per heavy atom. The molecule has 1 saturated heterocycles. The van der Waals surface area contributed by atoms with Crippen molar-refractivity contribution < 1.29 is 9.59 Å². The topological polar surface area (TPSA) is 64.0 Å². The average Bonchev–Trinajstić information content (AvgIpc) is 3.21. The number of benzene rings is 2. The maximum atomic E-state index is 11.9. The number of imide groups is 1. The molecule has 1 aliphatic heterocycles. The highest BCUT2D eigenvalue weighted by Gasteiger charge is 2.26. The summed E-state index contributed by atoms with van der Waals surface area (Å²) >= 11 is 13.3. The molecule has 1 fully saturated rings. The molecule has 3 aromatic rings. The largest absolute Gasteiger partial charge is 0.290 e. The van der Waals surface area contributed by atoms with Gasteiger partial charge in [0.2, 0.25) is 0 Å². The van der Waals surface area contributed by atoms with Crippen LogP contribution >= 0.6 is 35.0 Å². The maximum Gasteiger partial charge on any atom is 0.290 e. The second-order valence-corrected chi connectivity index (χ2v) is 7.55. The molecule has 0 radical (unpaired) electrons. The van der Waals surface area contributed by atoms with Crippen LogP contribution in [0, 0.1) is 0 Å². The molecule has 2 amide bonds. The number of hydrogen-bond donors (Lipinski definition) is 1. The van der Waals surface area contributed by atoms with Gasteiger partial charge in [0, 0.05) is 22.3 Å². The normalized spacial score (nSPS) is 15.4. The van der Waals surface area contributed by atoms with Crippen LogP contribution in [0.3, 0.4) is 0 Å². The summed E-state index contributed by atoms with van der Waals surface area (Å²) < 4.78 is 1.69. The standard InChI is InChI=1S/C19H11Cl2N3O2S/c20-12-6-7-15(21)14(9-12)17-11(8-16-18(25)22-19(26)27-16)10-24(23-17)13-4-2-1-3-5-13/h1-10H,(H,22,25,26)/b16-8-. The minimum absolute atomic E-state index is 0.298. The van der Waals surface area contributed by atoms with Gasteiger partial charge in [-0.3, -0.25) is 14.9 Å². The highest BCUT2D eigenvalue weighted by atomic mass is 35.5. The van der Waals surface area contributed by atoms with E-state index in [-0.39, 0.29) is 0 Å². The van der Waals surface area contributed by atoms with E-state index in [1.807, 2.05) is 30.3 Å². The fraction of sp³-hybridized carbons (Fsp3) is 0. The first-order valence-corrected chi connectivity index (χ1v) is 9.44. The third kappa shape index (κ3) is 3.64. The molecule has 0 saturated carbocycles. The van der Waals surface area contributed by atoms with Gasteiger partial charge in [0.15, 0.2) is 0 Å². The Bertz CT molecular complexity index is 1090. The van der Waals surface area contributed by atoms with Gasteiger partial charge in [0.05, 0.1) is 15.6 Å². The number of rotatable bonds is 3. The number of nitrogens with zero attached hydrogens (tertiary/aromatic N) is 2. The molecular formula is C19H11Cl2N3O2S. The minimum Gasteiger partial charge on any atom is -0.282 e. The van der Waals surface area contributed by atoms with Crippen LogP contribution in [-0.2, 0) is 4.79 Å². The van der Waals surface area contributed by atoms with Gasteiger partial charge in [0.1, 0.15) is 5.69 Å². The van der Waals surface area contributed by atoms with Crippen LogP contribution in [0.4, 0.5) is 4.79 Å². The van der Waals surface area contributed by atoms with Crippen LogP contribution < -0.4 is 5.32 Å². The molecule has 1 aliphatic rings. The summed E-state index contributed by atoms with van der Waals surface area (Å²) in [5, 5.41) is 7.49. The van der Waals surface area contributed by atoms with E-state index in [2.05, 4.69) is 10.4 Å². The zero-order valence-corrected chi connectivity index (χ0v) is 16.0. The lowest BCUT2D eigenvalue weighted by Crippen LogP contribution is -2.17. The number of thioether (sulfide) groups is 1. The Morgan fingerprint density at radius 1 is 1.07 bits per heavy atom. The molecule has 8 heteroatoms. The Balaban J connectivity index is 1.89. The molecule has 0 atom stereocenters. The molecule has 0 spiro atoms. The number of carbonyl (C=O) groups is 2. The second kappa shape index (κ2) is 7.23. The van der Waals surface area contributed by atoms with E-state index in [0.29, 0.717) is 31.8 Å². The molecule has 4 rings (SSSR count). The van der Waals surface area contributed by atoms with Gasteiger partial charge in [-0.15, -0.1) is 0 Å². The van der Waals surface area contributed by atoms with Gasteiger partial charge < -0.3 is 0 Å². The van der Waals surface area contributed by atoms with Crippen molar-refractivity contribution in [2.45, 2.75) is 0 Å². The van der Waals surface area contributed by atoms with E-state index in [1.165, 1.54) is 0 Å². The van der Waals surface area contributed by atoms with Crippen LogP contribution in [0.2, 0.25) is 10.0 Å². The molecule has 0 bridgehead atoms. The van der Waals surface area contributed by atoms with Gasteiger partial charge in [-0.2, -0.15) is 5.10 Å². The predicted molar refractivity (Wildman–Crippen MR) is 108 cm³/mol. The first kappa shape index (κ1) is 17.9. The molecule has 1 N–H and O–H groups in total.